The zero-order valence-electron chi connectivity index (χ0n) is 5.52. The van der Waals surface area contributed by atoms with Gasteiger partial charge in [-0.25, -0.2) is 0 Å². The van der Waals surface area contributed by atoms with E-state index in [9.17, 15) is 0 Å². The van der Waals surface area contributed by atoms with Crippen LogP contribution in [0.25, 0.3) is 0 Å². The van der Waals surface area contributed by atoms with Gasteiger partial charge in [0, 0.05) is 0 Å². The molecular formula is C6H9Cl3O. The Bertz CT molecular complexity index is 117. The average Bonchev–Trinajstić information content (AvgIpc) is 1.80. The molecule has 0 aromatic rings. The molecule has 0 saturated carbocycles. The fourth-order valence-electron chi connectivity index (χ4n) is 0.374. The standard InChI is InChI=1S/C6H9Cl3O/c1-2-3-4-5(10)6(7,8)9/h3-5,10H,2H2,1H3. The lowest BCUT2D eigenvalue weighted by Crippen LogP contribution is -2.22. The molecule has 0 heterocycles. The quantitative estimate of drug-likeness (QED) is 0.540. The van der Waals surface area contributed by atoms with Gasteiger partial charge in [-0.15, -0.1) is 0 Å². The van der Waals surface area contributed by atoms with Crippen LogP contribution in [0.5, 0.6) is 0 Å². The molecule has 0 bridgehead atoms. The van der Waals surface area contributed by atoms with Crippen molar-refractivity contribution in [3.63, 3.8) is 0 Å². The van der Waals surface area contributed by atoms with E-state index in [1.54, 1.807) is 6.08 Å². The topological polar surface area (TPSA) is 20.2 Å². The zero-order chi connectivity index (χ0) is 8.20. The lowest BCUT2D eigenvalue weighted by Gasteiger charge is -2.14. The molecule has 0 saturated heterocycles. The molecule has 0 aromatic carbocycles. The summed E-state index contributed by atoms with van der Waals surface area (Å²) < 4.78 is -1.61. The summed E-state index contributed by atoms with van der Waals surface area (Å²) in [5, 5.41) is 9.03. The molecule has 10 heavy (non-hydrogen) atoms. The number of halogens is 3. The second kappa shape index (κ2) is 4.45. The first-order chi connectivity index (χ1) is 4.48. The molecule has 0 aliphatic heterocycles. The Balaban J connectivity index is 3.84. The summed E-state index contributed by atoms with van der Waals surface area (Å²) in [5.41, 5.74) is 0. The monoisotopic (exact) mass is 202 g/mol. The number of hydrogen-bond donors (Lipinski definition) is 1. The van der Waals surface area contributed by atoms with Gasteiger partial charge >= 0.3 is 0 Å². The number of hydrogen-bond acceptors (Lipinski definition) is 1. The van der Waals surface area contributed by atoms with Gasteiger partial charge in [-0.1, -0.05) is 53.9 Å². The largest absolute Gasteiger partial charge is 0.385 e. The maximum absolute atomic E-state index is 9.03. The Morgan fingerprint density at radius 1 is 1.50 bits per heavy atom. The van der Waals surface area contributed by atoms with E-state index in [1.807, 2.05) is 6.92 Å². The molecule has 0 amide bonds. The third-order valence-corrected chi connectivity index (χ3v) is 1.56. The summed E-state index contributed by atoms with van der Waals surface area (Å²) >= 11 is 16.0. The molecule has 0 spiro atoms. The van der Waals surface area contributed by atoms with Gasteiger partial charge in [0.25, 0.3) is 0 Å². The molecule has 1 nitrogen and oxygen atoms in total. The van der Waals surface area contributed by atoms with Gasteiger partial charge < -0.3 is 5.11 Å². The lowest BCUT2D eigenvalue weighted by atomic mass is 10.3. The Kier molecular flexibility index (Phi) is 4.70. The van der Waals surface area contributed by atoms with Gasteiger partial charge in [0.15, 0.2) is 0 Å². The summed E-state index contributed by atoms with van der Waals surface area (Å²) in [4.78, 5) is 0. The Hall–Kier alpha value is 0.570. The van der Waals surface area contributed by atoms with Crippen molar-refractivity contribution in [1.29, 1.82) is 0 Å². The maximum atomic E-state index is 9.03. The predicted octanol–water partition coefficient (Wildman–Crippen LogP) is 2.68. The van der Waals surface area contributed by atoms with Crippen LogP contribution in [-0.2, 0) is 0 Å². The molecule has 60 valence electrons. The minimum absolute atomic E-state index is 0.817. The van der Waals surface area contributed by atoms with Crippen LogP contribution >= 0.6 is 34.8 Å². The molecule has 0 aliphatic carbocycles. The van der Waals surface area contributed by atoms with Gasteiger partial charge in [-0.3, -0.25) is 0 Å². The predicted molar refractivity (Wildman–Crippen MR) is 45.7 cm³/mol. The van der Waals surface area contributed by atoms with Gasteiger partial charge in [-0.05, 0) is 6.42 Å². The smallest absolute Gasteiger partial charge is 0.219 e. The van der Waals surface area contributed by atoms with Crippen LogP contribution in [0, 0.1) is 0 Å². The van der Waals surface area contributed by atoms with Crippen LogP contribution in [0.2, 0.25) is 0 Å². The summed E-state index contributed by atoms with van der Waals surface area (Å²) in [5.74, 6) is 0. The first-order valence-electron chi connectivity index (χ1n) is 2.90. The molecule has 1 N–H and O–H groups in total. The van der Waals surface area contributed by atoms with E-state index < -0.39 is 9.90 Å². The summed E-state index contributed by atoms with van der Waals surface area (Å²) in [6, 6.07) is 0. The fourth-order valence-corrected chi connectivity index (χ4v) is 0.592. The van der Waals surface area contributed by atoms with Crippen LogP contribution in [0.1, 0.15) is 13.3 Å². The fraction of sp³-hybridized carbons (Fsp3) is 0.667. The highest BCUT2D eigenvalue weighted by Crippen LogP contribution is 2.30. The van der Waals surface area contributed by atoms with Gasteiger partial charge in [0.1, 0.15) is 6.10 Å². The van der Waals surface area contributed by atoms with Crippen LogP contribution in [0.15, 0.2) is 12.2 Å². The van der Waals surface area contributed by atoms with E-state index in [1.165, 1.54) is 6.08 Å². The Morgan fingerprint density at radius 2 is 2.00 bits per heavy atom. The third-order valence-electron chi connectivity index (χ3n) is 0.889. The van der Waals surface area contributed by atoms with E-state index in [-0.39, 0.29) is 0 Å². The third kappa shape index (κ3) is 4.40. The highest BCUT2D eigenvalue weighted by molar-refractivity contribution is 6.68. The molecule has 0 radical (unpaired) electrons. The summed E-state index contributed by atoms with van der Waals surface area (Å²) in [6.45, 7) is 1.93. The maximum Gasteiger partial charge on any atom is 0.219 e. The SMILES string of the molecule is CCC=CC(O)C(Cl)(Cl)Cl. The second-order valence-corrected chi connectivity index (χ2v) is 4.19. The van der Waals surface area contributed by atoms with Crippen molar-refractivity contribution < 1.29 is 5.11 Å². The molecule has 1 atom stereocenters. The van der Waals surface area contributed by atoms with E-state index in [4.69, 9.17) is 39.9 Å². The first kappa shape index (κ1) is 10.6. The van der Waals surface area contributed by atoms with Crippen LogP contribution in [-0.4, -0.2) is 15.0 Å². The van der Waals surface area contributed by atoms with Crippen molar-refractivity contribution in [3.05, 3.63) is 12.2 Å². The molecular weight excluding hydrogens is 194 g/mol. The normalized spacial score (nSPS) is 16.1. The lowest BCUT2D eigenvalue weighted by molar-refractivity contribution is 0.227. The number of aliphatic hydroxyl groups excluding tert-OH is 1. The van der Waals surface area contributed by atoms with Crippen molar-refractivity contribution in [2.45, 2.75) is 23.2 Å². The number of aliphatic hydroxyl groups is 1. The van der Waals surface area contributed by atoms with Crippen LogP contribution in [0.4, 0.5) is 0 Å². The summed E-state index contributed by atoms with van der Waals surface area (Å²) in [7, 11) is 0. The number of rotatable bonds is 2. The molecule has 0 rings (SSSR count). The minimum atomic E-state index is -1.61. The van der Waals surface area contributed by atoms with Crippen LogP contribution < -0.4 is 0 Å². The van der Waals surface area contributed by atoms with Crippen molar-refractivity contribution >= 4 is 34.8 Å². The minimum Gasteiger partial charge on any atom is -0.385 e. The molecule has 0 aliphatic rings. The highest BCUT2D eigenvalue weighted by Gasteiger charge is 2.27. The number of alkyl halides is 3. The van der Waals surface area contributed by atoms with Gasteiger partial charge in [0.05, 0.1) is 0 Å². The highest BCUT2D eigenvalue weighted by atomic mass is 35.6. The average molecular weight is 203 g/mol. The van der Waals surface area contributed by atoms with Crippen molar-refractivity contribution in [1.82, 2.24) is 0 Å². The molecule has 0 fully saturated rings. The van der Waals surface area contributed by atoms with Crippen molar-refractivity contribution in [3.8, 4) is 0 Å². The number of allylic oxidation sites excluding steroid dienone is 1. The second-order valence-electron chi connectivity index (χ2n) is 1.82. The molecule has 4 heteroatoms. The van der Waals surface area contributed by atoms with E-state index >= 15 is 0 Å². The molecule has 1 unspecified atom stereocenters. The van der Waals surface area contributed by atoms with E-state index in [0.29, 0.717) is 0 Å². The van der Waals surface area contributed by atoms with Crippen LogP contribution in [0.3, 0.4) is 0 Å². The summed E-state index contributed by atoms with van der Waals surface area (Å²) in [6.07, 6.45) is 3.01. The molecule has 0 aromatic heterocycles. The van der Waals surface area contributed by atoms with E-state index in [2.05, 4.69) is 0 Å². The van der Waals surface area contributed by atoms with Crippen molar-refractivity contribution in [2.75, 3.05) is 0 Å². The zero-order valence-corrected chi connectivity index (χ0v) is 7.79. The van der Waals surface area contributed by atoms with E-state index in [0.717, 1.165) is 6.42 Å². The Morgan fingerprint density at radius 3 is 2.30 bits per heavy atom. The Labute approximate surface area is 75.6 Å². The van der Waals surface area contributed by atoms with Gasteiger partial charge in [-0.2, -0.15) is 0 Å². The van der Waals surface area contributed by atoms with Crippen molar-refractivity contribution in [2.24, 2.45) is 0 Å². The van der Waals surface area contributed by atoms with Gasteiger partial charge in [0.2, 0.25) is 3.79 Å². The first-order valence-corrected chi connectivity index (χ1v) is 4.03.